The van der Waals surface area contributed by atoms with Crippen molar-refractivity contribution in [3.63, 3.8) is 0 Å². The SMILES string of the molecule is Oc1cc(C(F)(F)F)ccc1-c1nnc(N2CC[C@@](O)(c3ccccc3)C2)c2ncccc12. The van der Waals surface area contributed by atoms with E-state index in [1.54, 1.807) is 18.3 Å². The summed E-state index contributed by atoms with van der Waals surface area (Å²) >= 11 is 0. The average molecular weight is 452 g/mol. The van der Waals surface area contributed by atoms with Gasteiger partial charge >= 0.3 is 6.18 Å². The van der Waals surface area contributed by atoms with Gasteiger partial charge in [-0.25, -0.2) is 0 Å². The predicted octanol–water partition coefficient (Wildman–Crippen LogP) is 4.51. The van der Waals surface area contributed by atoms with Crippen LogP contribution in [0.1, 0.15) is 17.5 Å². The maximum absolute atomic E-state index is 13.0. The molecule has 2 N–H and O–H groups in total. The van der Waals surface area contributed by atoms with Crippen molar-refractivity contribution in [2.24, 2.45) is 0 Å². The Balaban J connectivity index is 1.55. The second kappa shape index (κ2) is 7.70. The van der Waals surface area contributed by atoms with Gasteiger partial charge in [0.05, 0.1) is 12.1 Å². The molecule has 1 aliphatic rings. The first kappa shape index (κ1) is 21.1. The van der Waals surface area contributed by atoms with Gasteiger partial charge in [0.1, 0.15) is 22.6 Å². The molecule has 9 heteroatoms. The summed E-state index contributed by atoms with van der Waals surface area (Å²) in [4.78, 5) is 6.33. The van der Waals surface area contributed by atoms with Crippen LogP contribution in [0.5, 0.6) is 5.75 Å². The minimum absolute atomic E-state index is 0.127. The molecule has 0 saturated carbocycles. The summed E-state index contributed by atoms with van der Waals surface area (Å²) < 4.78 is 39.0. The number of hydrogen-bond donors (Lipinski definition) is 2. The zero-order chi connectivity index (χ0) is 23.2. The summed E-state index contributed by atoms with van der Waals surface area (Å²) in [5.74, 6) is -0.0794. The Kier molecular flexibility index (Phi) is 4.93. The Morgan fingerprint density at radius 2 is 1.76 bits per heavy atom. The van der Waals surface area contributed by atoms with Crippen molar-refractivity contribution in [2.75, 3.05) is 18.0 Å². The van der Waals surface area contributed by atoms with Crippen LogP contribution in [0.25, 0.3) is 22.2 Å². The molecule has 0 bridgehead atoms. The van der Waals surface area contributed by atoms with E-state index in [1.165, 1.54) is 6.07 Å². The Hall–Kier alpha value is -3.72. The molecule has 1 atom stereocenters. The molecule has 1 fully saturated rings. The van der Waals surface area contributed by atoms with Gasteiger partial charge in [-0.3, -0.25) is 4.98 Å². The molecule has 6 nitrogen and oxygen atoms in total. The van der Waals surface area contributed by atoms with Crippen LogP contribution in [0.2, 0.25) is 0 Å². The van der Waals surface area contributed by atoms with Crippen LogP contribution in [0, 0.1) is 0 Å². The topological polar surface area (TPSA) is 82.4 Å². The molecule has 0 aliphatic carbocycles. The van der Waals surface area contributed by atoms with Gasteiger partial charge in [-0.15, -0.1) is 10.2 Å². The first-order chi connectivity index (χ1) is 15.8. The van der Waals surface area contributed by atoms with Gasteiger partial charge in [0, 0.05) is 23.7 Å². The number of phenolic OH excluding ortho intramolecular Hbond substituents is 1. The first-order valence-electron chi connectivity index (χ1n) is 10.3. The van der Waals surface area contributed by atoms with Crippen molar-refractivity contribution in [2.45, 2.75) is 18.2 Å². The van der Waals surface area contributed by atoms with Crippen LogP contribution in [0.3, 0.4) is 0 Å². The lowest BCUT2D eigenvalue weighted by Crippen LogP contribution is -2.31. The molecule has 0 radical (unpaired) electrons. The zero-order valence-corrected chi connectivity index (χ0v) is 17.3. The number of halogens is 3. The molecule has 0 amide bonds. The third kappa shape index (κ3) is 3.74. The van der Waals surface area contributed by atoms with Gasteiger partial charge in [-0.2, -0.15) is 13.2 Å². The summed E-state index contributed by atoms with van der Waals surface area (Å²) in [5, 5.41) is 30.6. The monoisotopic (exact) mass is 452 g/mol. The van der Waals surface area contributed by atoms with Crippen molar-refractivity contribution in [3.8, 4) is 17.0 Å². The molecular weight excluding hydrogens is 433 g/mol. The third-order valence-electron chi connectivity index (χ3n) is 5.96. The van der Waals surface area contributed by atoms with Gasteiger partial charge in [0.25, 0.3) is 0 Å². The molecule has 3 heterocycles. The number of nitrogens with zero attached hydrogens (tertiary/aromatic N) is 4. The fourth-order valence-electron chi connectivity index (χ4n) is 4.25. The van der Waals surface area contributed by atoms with Gasteiger partial charge in [-0.1, -0.05) is 30.3 Å². The highest BCUT2D eigenvalue weighted by molar-refractivity contribution is 5.98. The van der Waals surface area contributed by atoms with Gasteiger partial charge in [-0.05, 0) is 42.3 Å². The third-order valence-corrected chi connectivity index (χ3v) is 5.96. The normalized spacial score (nSPS) is 18.7. The van der Waals surface area contributed by atoms with Crippen LogP contribution in [0.4, 0.5) is 19.0 Å². The van der Waals surface area contributed by atoms with E-state index in [0.717, 1.165) is 11.6 Å². The van der Waals surface area contributed by atoms with E-state index < -0.39 is 23.1 Å². The number of aliphatic hydroxyl groups is 1. The van der Waals surface area contributed by atoms with Gasteiger partial charge in [0.2, 0.25) is 0 Å². The number of rotatable bonds is 3. The van der Waals surface area contributed by atoms with Crippen LogP contribution in [-0.2, 0) is 11.8 Å². The molecule has 168 valence electrons. The summed E-state index contributed by atoms with van der Waals surface area (Å²) in [6.45, 7) is 0.818. The lowest BCUT2D eigenvalue weighted by atomic mass is 9.93. The number of hydrogen-bond acceptors (Lipinski definition) is 6. The summed E-state index contributed by atoms with van der Waals surface area (Å²) in [6, 6.07) is 15.5. The van der Waals surface area contributed by atoms with Crippen LogP contribution in [-0.4, -0.2) is 38.5 Å². The van der Waals surface area contributed by atoms with Crippen LogP contribution in [0.15, 0.2) is 66.9 Å². The van der Waals surface area contributed by atoms with E-state index in [-0.39, 0.29) is 11.3 Å². The fourth-order valence-corrected chi connectivity index (χ4v) is 4.25. The Labute approximate surface area is 187 Å². The van der Waals surface area contributed by atoms with Crippen molar-refractivity contribution in [1.29, 1.82) is 0 Å². The molecule has 1 saturated heterocycles. The number of alkyl halides is 3. The largest absolute Gasteiger partial charge is 0.507 e. The van der Waals surface area contributed by atoms with E-state index in [4.69, 9.17) is 0 Å². The molecule has 4 aromatic rings. The Morgan fingerprint density at radius 1 is 0.970 bits per heavy atom. The van der Waals surface area contributed by atoms with Crippen molar-refractivity contribution in [3.05, 3.63) is 78.0 Å². The molecule has 0 unspecified atom stereocenters. The van der Waals surface area contributed by atoms with Gasteiger partial charge < -0.3 is 15.1 Å². The Bertz CT molecular complexity index is 1330. The lowest BCUT2D eigenvalue weighted by molar-refractivity contribution is -0.137. The van der Waals surface area contributed by atoms with Crippen molar-refractivity contribution < 1.29 is 23.4 Å². The lowest BCUT2D eigenvalue weighted by Gasteiger charge is -2.24. The minimum Gasteiger partial charge on any atom is -0.507 e. The molecular formula is C24H19F3N4O2. The number of pyridine rings is 1. The fraction of sp³-hybridized carbons (Fsp3) is 0.208. The highest BCUT2D eigenvalue weighted by Gasteiger charge is 2.39. The molecule has 2 aromatic carbocycles. The Morgan fingerprint density at radius 3 is 2.48 bits per heavy atom. The van der Waals surface area contributed by atoms with E-state index in [9.17, 15) is 23.4 Å². The highest BCUT2D eigenvalue weighted by Crippen LogP contribution is 2.40. The number of aromatic nitrogens is 3. The van der Waals surface area contributed by atoms with Crippen LogP contribution < -0.4 is 4.90 Å². The first-order valence-corrected chi connectivity index (χ1v) is 10.3. The van der Waals surface area contributed by atoms with E-state index >= 15 is 0 Å². The quantitative estimate of drug-likeness (QED) is 0.476. The van der Waals surface area contributed by atoms with E-state index in [1.807, 2.05) is 35.2 Å². The number of aromatic hydroxyl groups is 1. The van der Waals surface area contributed by atoms with E-state index in [2.05, 4.69) is 15.2 Å². The second-order valence-corrected chi connectivity index (χ2v) is 8.07. The molecule has 5 rings (SSSR count). The molecule has 0 spiro atoms. The van der Waals surface area contributed by atoms with E-state index in [0.29, 0.717) is 42.3 Å². The molecule has 33 heavy (non-hydrogen) atoms. The standard InChI is InChI=1S/C24H19F3N4O2/c25-24(26,27)16-8-9-17(19(32)13-16)20-18-7-4-11-28-21(18)22(30-29-20)31-12-10-23(33,14-31)15-5-2-1-3-6-15/h1-9,11,13,32-33H,10,12,14H2/t23-/m0/s1. The number of benzene rings is 2. The number of anilines is 1. The summed E-state index contributed by atoms with van der Waals surface area (Å²) in [5.41, 5.74) is -0.349. The smallest absolute Gasteiger partial charge is 0.416 e. The predicted molar refractivity (Wildman–Crippen MR) is 117 cm³/mol. The maximum atomic E-state index is 13.0. The summed E-state index contributed by atoms with van der Waals surface area (Å²) in [7, 11) is 0. The zero-order valence-electron chi connectivity index (χ0n) is 17.3. The number of β-amino-alcohol motifs (C(OH)–C–C–N with tert-alkyl or cyclic N) is 1. The maximum Gasteiger partial charge on any atom is 0.416 e. The van der Waals surface area contributed by atoms with Crippen molar-refractivity contribution >= 4 is 16.7 Å². The average Bonchev–Trinajstić information content (AvgIpc) is 3.21. The van der Waals surface area contributed by atoms with Crippen molar-refractivity contribution in [1.82, 2.24) is 15.2 Å². The van der Waals surface area contributed by atoms with Gasteiger partial charge in [0.15, 0.2) is 5.82 Å². The minimum atomic E-state index is -4.57. The highest BCUT2D eigenvalue weighted by atomic mass is 19.4. The number of phenols is 1. The second-order valence-electron chi connectivity index (χ2n) is 8.07. The molecule has 1 aliphatic heterocycles. The molecule has 2 aromatic heterocycles. The number of fused-ring (bicyclic) bond motifs is 1. The van der Waals surface area contributed by atoms with Crippen LogP contribution >= 0.6 is 0 Å². The summed E-state index contributed by atoms with van der Waals surface area (Å²) in [6.07, 6.45) is -2.49.